The van der Waals surface area contributed by atoms with Gasteiger partial charge in [-0.3, -0.25) is 4.79 Å². The number of carbonyl (C=O) groups is 1. The van der Waals surface area contributed by atoms with Gasteiger partial charge in [0.2, 0.25) is 5.91 Å². The van der Waals surface area contributed by atoms with E-state index in [2.05, 4.69) is 0 Å². The van der Waals surface area contributed by atoms with Crippen LogP contribution in [0.4, 0.5) is 8.78 Å². The number of hydrogen-bond acceptors (Lipinski definition) is 3. The molecule has 0 aliphatic rings. The Hall–Kier alpha value is -2.89. The quantitative estimate of drug-likeness (QED) is 0.699. The lowest BCUT2D eigenvalue weighted by Gasteiger charge is -2.15. The minimum atomic E-state index is -0.676. The maximum absolute atomic E-state index is 13.7. The third kappa shape index (κ3) is 5.05. The Morgan fingerprint density at radius 2 is 1.92 bits per heavy atom. The molecule has 0 aliphatic heterocycles. The van der Waals surface area contributed by atoms with Crippen molar-refractivity contribution in [1.82, 2.24) is 4.90 Å². The maximum atomic E-state index is 13.7. The Bertz CT molecular complexity index is 806. The predicted molar refractivity (Wildman–Crippen MR) is 96.0 cm³/mol. The SMILES string of the molecule is CCOc1ccc(/C=C/C(=O)N(C)Cc2ccc(F)cc2F)cc1OC. The first kappa shape index (κ1) is 19.4. The number of ether oxygens (including phenoxy) is 2. The van der Waals surface area contributed by atoms with Gasteiger partial charge in [-0.25, -0.2) is 8.78 Å². The van der Waals surface area contributed by atoms with Crippen molar-refractivity contribution in [2.45, 2.75) is 13.5 Å². The number of benzene rings is 2. The number of amides is 1. The number of carbonyl (C=O) groups excluding carboxylic acids is 1. The second-order valence-corrected chi connectivity index (χ2v) is 5.61. The second-order valence-electron chi connectivity index (χ2n) is 5.61. The summed E-state index contributed by atoms with van der Waals surface area (Å²) in [6.45, 7) is 2.45. The number of methoxy groups -OCH3 is 1. The molecular weight excluding hydrogens is 340 g/mol. The van der Waals surface area contributed by atoms with Crippen molar-refractivity contribution in [2.75, 3.05) is 20.8 Å². The van der Waals surface area contributed by atoms with Gasteiger partial charge in [0.05, 0.1) is 13.7 Å². The van der Waals surface area contributed by atoms with E-state index in [0.29, 0.717) is 18.1 Å². The molecule has 1 amide bonds. The van der Waals surface area contributed by atoms with Crippen molar-refractivity contribution >= 4 is 12.0 Å². The van der Waals surface area contributed by atoms with Gasteiger partial charge in [0, 0.05) is 31.3 Å². The molecule has 0 aromatic heterocycles. The molecule has 2 rings (SSSR count). The zero-order valence-electron chi connectivity index (χ0n) is 15.0. The lowest BCUT2D eigenvalue weighted by atomic mass is 10.1. The van der Waals surface area contributed by atoms with Gasteiger partial charge in [0.1, 0.15) is 11.6 Å². The van der Waals surface area contributed by atoms with Crippen LogP contribution in [0.2, 0.25) is 0 Å². The van der Waals surface area contributed by atoms with E-state index < -0.39 is 11.6 Å². The summed E-state index contributed by atoms with van der Waals surface area (Å²) in [6, 6.07) is 8.62. The van der Waals surface area contributed by atoms with Crippen molar-refractivity contribution in [2.24, 2.45) is 0 Å². The lowest BCUT2D eigenvalue weighted by Crippen LogP contribution is -2.24. The summed E-state index contributed by atoms with van der Waals surface area (Å²) >= 11 is 0. The van der Waals surface area contributed by atoms with Crippen LogP contribution >= 0.6 is 0 Å². The fourth-order valence-corrected chi connectivity index (χ4v) is 2.34. The number of likely N-dealkylation sites (N-methyl/N-ethyl adjacent to an activating group) is 1. The van der Waals surface area contributed by atoms with E-state index in [4.69, 9.17) is 9.47 Å². The second kappa shape index (κ2) is 8.99. The molecule has 4 nitrogen and oxygen atoms in total. The molecule has 138 valence electrons. The number of nitrogens with zero attached hydrogens (tertiary/aromatic N) is 1. The molecule has 0 radical (unpaired) electrons. The normalized spacial score (nSPS) is 10.8. The third-order valence-corrected chi connectivity index (χ3v) is 3.70. The van der Waals surface area contributed by atoms with Crippen LogP contribution in [0.25, 0.3) is 6.08 Å². The van der Waals surface area contributed by atoms with Crippen molar-refractivity contribution in [1.29, 1.82) is 0 Å². The van der Waals surface area contributed by atoms with Gasteiger partial charge in [-0.2, -0.15) is 0 Å². The van der Waals surface area contributed by atoms with Crippen LogP contribution in [0, 0.1) is 11.6 Å². The summed E-state index contributed by atoms with van der Waals surface area (Å²) in [5.74, 6) is -0.429. The van der Waals surface area contributed by atoms with Gasteiger partial charge in [-0.15, -0.1) is 0 Å². The summed E-state index contributed by atoms with van der Waals surface area (Å²) in [7, 11) is 3.09. The molecule has 0 bridgehead atoms. The van der Waals surface area contributed by atoms with E-state index in [0.717, 1.165) is 11.6 Å². The molecule has 26 heavy (non-hydrogen) atoms. The summed E-state index contributed by atoms with van der Waals surface area (Å²) < 4.78 is 37.3. The van der Waals surface area contributed by atoms with Gasteiger partial charge in [0.25, 0.3) is 0 Å². The Morgan fingerprint density at radius 3 is 2.58 bits per heavy atom. The first-order valence-corrected chi connectivity index (χ1v) is 8.12. The van der Waals surface area contributed by atoms with E-state index in [-0.39, 0.29) is 18.0 Å². The highest BCUT2D eigenvalue weighted by atomic mass is 19.1. The van der Waals surface area contributed by atoms with Crippen molar-refractivity contribution in [3.8, 4) is 11.5 Å². The summed E-state index contributed by atoms with van der Waals surface area (Å²) in [6.07, 6.45) is 3.02. The Kier molecular flexibility index (Phi) is 6.72. The molecular formula is C20H21F2NO3. The average Bonchev–Trinajstić information content (AvgIpc) is 2.63. The van der Waals surface area contributed by atoms with E-state index >= 15 is 0 Å². The van der Waals surface area contributed by atoms with Crippen LogP contribution in [-0.4, -0.2) is 31.6 Å². The van der Waals surface area contributed by atoms with Crippen LogP contribution in [0.3, 0.4) is 0 Å². The van der Waals surface area contributed by atoms with E-state index in [1.54, 1.807) is 38.4 Å². The Morgan fingerprint density at radius 1 is 1.15 bits per heavy atom. The Labute approximate surface area is 151 Å². The van der Waals surface area contributed by atoms with Gasteiger partial charge in [-0.1, -0.05) is 12.1 Å². The lowest BCUT2D eigenvalue weighted by molar-refractivity contribution is -0.125. The molecule has 0 saturated heterocycles. The van der Waals surface area contributed by atoms with Crippen molar-refractivity contribution in [3.05, 3.63) is 65.2 Å². The summed E-state index contributed by atoms with van der Waals surface area (Å²) in [5.41, 5.74) is 1.01. The zero-order valence-corrected chi connectivity index (χ0v) is 15.0. The van der Waals surface area contributed by atoms with E-state index in [1.807, 2.05) is 6.92 Å². The zero-order chi connectivity index (χ0) is 19.1. The van der Waals surface area contributed by atoms with E-state index in [1.165, 1.54) is 23.1 Å². The minimum Gasteiger partial charge on any atom is -0.493 e. The van der Waals surface area contributed by atoms with Crippen LogP contribution in [-0.2, 0) is 11.3 Å². The number of halogens is 2. The predicted octanol–water partition coefficient (Wildman–Crippen LogP) is 4.04. The molecule has 0 heterocycles. The highest BCUT2D eigenvalue weighted by Crippen LogP contribution is 2.28. The molecule has 0 fully saturated rings. The monoisotopic (exact) mass is 361 g/mol. The van der Waals surface area contributed by atoms with Crippen molar-refractivity contribution < 1.29 is 23.0 Å². The molecule has 0 spiro atoms. The smallest absolute Gasteiger partial charge is 0.246 e. The maximum Gasteiger partial charge on any atom is 0.246 e. The minimum absolute atomic E-state index is 0.0435. The Balaban J connectivity index is 2.06. The van der Waals surface area contributed by atoms with Crippen LogP contribution < -0.4 is 9.47 Å². The molecule has 2 aromatic carbocycles. The van der Waals surface area contributed by atoms with E-state index in [9.17, 15) is 13.6 Å². The first-order valence-electron chi connectivity index (χ1n) is 8.12. The average molecular weight is 361 g/mol. The fourth-order valence-electron chi connectivity index (χ4n) is 2.34. The molecule has 2 aromatic rings. The van der Waals surface area contributed by atoms with Gasteiger partial charge < -0.3 is 14.4 Å². The topological polar surface area (TPSA) is 38.8 Å². The molecule has 0 N–H and O–H groups in total. The number of hydrogen-bond donors (Lipinski definition) is 0. The summed E-state index contributed by atoms with van der Waals surface area (Å²) in [4.78, 5) is 13.6. The standard InChI is InChI=1S/C20H21F2NO3/c1-4-26-18-9-5-14(11-19(18)25-3)6-10-20(24)23(2)13-15-7-8-16(21)12-17(15)22/h5-12H,4,13H2,1-3H3/b10-6+. The van der Waals surface area contributed by atoms with Gasteiger partial charge >= 0.3 is 0 Å². The van der Waals surface area contributed by atoms with Crippen LogP contribution in [0.15, 0.2) is 42.5 Å². The molecule has 0 aliphatic carbocycles. The van der Waals surface area contributed by atoms with Crippen LogP contribution in [0.1, 0.15) is 18.1 Å². The van der Waals surface area contributed by atoms with Crippen molar-refractivity contribution in [3.63, 3.8) is 0 Å². The summed E-state index contributed by atoms with van der Waals surface area (Å²) in [5, 5.41) is 0. The largest absolute Gasteiger partial charge is 0.493 e. The molecule has 0 saturated carbocycles. The fraction of sp³-hybridized carbons (Fsp3) is 0.250. The highest BCUT2D eigenvalue weighted by Gasteiger charge is 2.10. The highest BCUT2D eigenvalue weighted by molar-refractivity contribution is 5.91. The molecule has 0 unspecified atom stereocenters. The molecule has 0 atom stereocenters. The number of rotatable bonds is 7. The van der Waals surface area contributed by atoms with Gasteiger partial charge in [0.15, 0.2) is 11.5 Å². The van der Waals surface area contributed by atoms with Crippen LogP contribution in [0.5, 0.6) is 11.5 Å². The first-order chi connectivity index (χ1) is 12.4. The third-order valence-electron chi connectivity index (χ3n) is 3.70. The van der Waals surface area contributed by atoms with Gasteiger partial charge in [-0.05, 0) is 36.8 Å². The molecule has 6 heteroatoms.